The molecule has 0 amide bonds. The molecule has 0 saturated heterocycles. The number of aliphatic carboxylic acids is 1. The Kier molecular flexibility index (Phi) is 6.27. The Morgan fingerprint density at radius 2 is 2.04 bits per heavy atom. The summed E-state index contributed by atoms with van der Waals surface area (Å²) < 4.78 is 16.5. The number of carboxylic acid groups (broad SMARTS) is 1. The third-order valence-electron chi connectivity index (χ3n) is 2.95. The molecule has 0 bridgehead atoms. The predicted molar refractivity (Wildman–Crippen MR) is 92.4 cm³/mol. The van der Waals surface area contributed by atoms with Crippen molar-refractivity contribution in [1.82, 2.24) is 10.2 Å². The smallest absolute Gasteiger partial charge is 0.342 e. The first-order valence-corrected chi connectivity index (χ1v) is 8.46. The molecule has 0 radical (unpaired) electrons. The molecular formula is C15H15BrN2O5S. The summed E-state index contributed by atoms with van der Waals surface area (Å²) in [6.45, 7) is 1.87. The molecule has 9 heteroatoms. The maximum Gasteiger partial charge on any atom is 0.342 e. The van der Waals surface area contributed by atoms with Crippen LogP contribution in [0.4, 0.5) is 0 Å². The number of thioether (sulfide) groups is 1. The molecular weight excluding hydrogens is 400 g/mol. The summed E-state index contributed by atoms with van der Waals surface area (Å²) in [6.07, 6.45) is 2.06. The molecule has 7 nitrogen and oxygen atoms in total. The van der Waals surface area contributed by atoms with Crippen LogP contribution >= 0.6 is 27.7 Å². The van der Waals surface area contributed by atoms with E-state index in [1.807, 2.05) is 6.92 Å². The third-order valence-corrected chi connectivity index (χ3v) is 4.42. The molecule has 0 spiro atoms. The van der Waals surface area contributed by atoms with Crippen molar-refractivity contribution in [3.8, 4) is 11.5 Å². The van der Waals surface area contributed by atoms with Gasteiger partial charge in [-0.05, 0) is 39.8 Å². The number of benzene rings is 1. The van der Waals surface area contributed by atoms with Crippen molar-refractivity contribution < 1.29 is 23.8 Å². The second-order valence-corrected chi connectivity index (χ2v) is 6.31. The number of carboxylic acids is 1. The average Bonchev–Trinajstić information content (AvgIpc) is 3.02. The fourth-order valence-electron chi connectivity index (χ4n) is 1.79. The molecule has 0 aliphatic rings. The Labute approximate surface area is 151 Å². The van der Waals surface area contributed by atoms with E-state index in [9.17, 15) is 9.90 Å². The Hall–Kier alpha value is -2.00. The first-order chi connectivity index (χ1) is 11.5. The largest absolute Gasteiger partial charge is 0.496 e. The van der Waals surface area contributed by atoms with Gasteiger partial charge in [-0.3, -0.25) is 0 Å². The number of aryl methyl sites for hydroxylation is 1. The van der Waals surface area contributed by atoms with Gasteiger partial charge in [-0.1, -0.05) is 6.92 Å². The third kappa shape index (κ3) is 4.30. The molecule has 0 aliphatic carbocycles. The molecule has 24 heavy (non-hydrogen) atoms. The van der Waals surface area contributed by atoms with Crippen LogP contribution < -0.4 is 9.47 Å². The monoisotopic (exact) mass is 414 g/mol. The van der Waals surface area contributed by atoms with E-state index in [-0.39, 0.29) is 10.1 Å². The summed E-state index contributed by atoms with van der Waals surface area (Å²) in [7, 11) is 3.04. The van der Waals surface area contributed by atoms with Crippen molar-refractivity contribution >= 4 is 39.7 Å². The topological polar surface area (TPSA) is 94.7 Å². The number of aromatic nitrogens is 2. The summed E-state index contributed by atoms with van der Waals surface area (Å²) in [5.74, 6) is 0.407. The summed E-state index contributed by atoms with van der Waals surface area (Å²) in [5.41, 5.74) is 0.574. The van der Waals surface area contributed by atoms with E-state index < -0.39 is 5.97 Å². The maximum absolute atomic E-state index is 11.5. The van der Waals surface area contributed by atoms with Crippen LogP contribution in [-0.4, -0.2) is 35.5 Å². The lowest BCUT2D eigenvalue weighted by molar-refractivity contribution is -0.131. The van der Waals surface area contributed by atoms with E-state index >= 15 is 0 Å². The van der Waals surface area contributed by atoms with Gasteiger partial charge in [-0.2, -0.15) is 0 Å². The van der Waals surface area contributed by atoms with Gasteiger partial charge in [-0.25, -0.2) is 4.79 Å². The highest BCUT2D eigenvalue weighted by Crippen LogP contribution is 2.36. The second-order valence-electron chi connectivity index (χ2n) is 4.46. The highest BCUT2D eigenvalue weighted by Gasteiger charge is 2.17. The lowest BCUT2D eigenvalue weighted by Gasteiger charge is -2.10. The molecule has 2 aromatic rings. The fourth-order valence-corrected chi connectivity index (χ4v) is 2.99. The van der Waals surface area contributed by atoms with Gasteiger partial charge >= 0.3 is 5.97 Å². The second kappa shape index (κ2) is 8.20. The molecule has 2 rings (SSSR count). The number of hydrogen-bond donors (Lipinski definition) is 1. The quantitative estimate of drug-likeness (QED) is 0.541. The van der Waals surface area contributed by atoms with Gasteiger partial charge in [-0.15, -0.1) is 10.2 Å². The number of halogens is 1. The summed E-state index contributed by atoms with van der Waals surface area (Å²) in [4.78, 5) is 11.6. The minimum atomic E-state index is -1.11. The number of methoxy groups -OCH3 is 2. The van der Waals surface area contributed by atoms with Crippen molar-refractivity contribution in [3.63, 3.8) is 0 Å². The minimum Gasteiger partial charge on any atom is -0.496 e. The lowest BCUT2D eigenvalue weighted by Crippen LogP contribution is -1.98. The molecule has 128 valence electrons. The van der Waals surface area contributed by atoms with E-state index in [1.54, 1.807) is 12.1 Å². The molecule has 1 aromatic carbocycles. The first kappa shape index (κ1) is 18.3. The number of hydrogen-bond acceptors (Lipinski definition) is 7. The standard InChI is InChI=1S/C15H15BrN2O5S/c1-4-13-17-18-15(23-13)24-12(14(19)20)6-8-5-9(16)11(22-3)7-10(8)21-2/h5-7H,4H2,1-3H3,(H,19,20)/b12-6-. The molecule has 0 aliphatic heterocycles. The Morgan fingerprint density at radius 1 is 1.33 bits per heavy atom. The normalized spacial score (nSPS) is 11.4. The predicted octanol–water partition coefficient (Wildman–Crippen LogP) is 3.63. The van der Waals surface area contributed by atoms with E-state index in [0.29, 0.717) is 33.8 Å². The Balaban J connectivity index is 2.40. The van der Waals surface area contributed by atoms with Gasteiger partial charge in [0.1, 0.15) is 16.4 Å². The molecule has 0 fully saturated rings. The summed E-state index contributed by atoms with van der Waals surface area (Å²) in [5, 5.41) is 17.2. The maximum atomic E-state index is 11.5. The number of carbonyl (C=O) groups is 1. The van der Waals surface area contributed by atoms with Gasteiger partial charge < -0.3 is 19.0 Å². The Bertz CT molecular complexity index is 775. The van der Waals surface area contributed by atoms with Crippen molar-refractivity contribution in [2.24, 2.45) is 0 Å². The molecule has 1 aromatic heterocycles. The number of rotatable bonds is 7. The first-order valence-electron chi connectivity index (χ1n) is 6.85. The van der Waals surface area contributed by atoms with E-state index in [1.165, 1.54) is 20.3 Å². The van der Waals surface area contributed by atoms with Crippen LogP contribution in [0.15, 0.2) is 31.2 Å². The zero-order valence-corrected chi connectivity index (χ0v) is 15.6. The van der Waals surface area contributed by atoms with E-state index in [0.717, 1.165) is 11.8 Å². The molecule has 1 N–H and O–H groups in total. The highest BCUT2D eigenvalue weighted by molar-refractivity contribution is 9.10. The van der Waals surface area contributed by atoms with Crippen LogP contribution in [0, 0.1) is 0 Å². The van der Waals surface area contributed by atoms with Gasteiger partial charge in [0.25, 0.3) is 5.22 Å². The van der Waals surface area contributed by atoms with Crippen LogP contribution in [0.5, 0.6) is 11.5 Å². The average molecular weight is 415 g/mol. The van der Waals surface area contributed by atoms with E-state index in [4.69, 9.17) is 13.9 Å². The van der Waals surface area contributed by atoms with Crippen LogP contribution in [-0.2, 0) is 11.2 Å². The zero-order valence-electron chi connectivity index (χ0n) is 13.2. The summed E-state index contributed by atoms with van der Waals surface area (Å²) in [6, 6.07) is 3.38. The number of nitrogens with zero attached hydrogens (tertiary/aromatic N) is 2. The Morgan fingerprint density at radius 3 is 2.58 bits per heavy atom. The van der Waals surface area contributed by atoms with Crippen molar-refractivity contribution in [2.75, 3.05) is 14.2 Å². The van der Waals surface area contributed by atoms with E-state index in [2.05, 4.69) is 26.1 Å². The van der Waals surface area contributed by atoms with Crippen molar-refractivity contribution in [3.05, 3.63) is 33.0 Å². The molecule has 0 unspecified atom stereocenters. The van der Waals surface area contributed by atoms with Crippen molar-refractivity contribution in [2.45, 2.75) is 18.6 Å². The number of ether oxygens (including phenoxy) is 2. The van der Waals surface area contributed by atoms with Gasteiger partial charge in [0.15, 0.2) is 0 Å². The van der Waals surface area contributed by atoms with Gasteiger partial charge in [0.2, 0.25) is 5.89 Å². The van der Waals surface area contributed by atoms with Crippen LogP contribution in [0.1, 0.15) is 18.4 Å². The zero-order chi connectivity index (χ0) is 17.7. The van der Waals surface area contributed by atoms with Crippen LogP contribution in [0.3, 0.4) is 0 Å². The van der Waals surface area contributed by atoms with Gasteiger partial charge in [0, 0.05) is 18.1 Å². The molecule has 1 heterocycles. The van der Waals surface area contributed by atoms with Gasteiger partial charge in [0.05, 0.1) is 18.7 Å². The minimum absolute atomic E-state index is 0.0247. The van der Waals surface area contributed by atoms with Crippen LogP contribution in [0.2, 0.25) is 0 Å². The lowest BCUT2D eigenvalue weighted by atomic mass is 10.1. The molecule has 0 saturated carbocycles. The fraction of sp³-hybridized carbons (Fsp3) is 0.267. The van der Waals surface area contributed by atoms with Crippen molar-refractivity contribution in [1.29, 1.82) is 0 Å². The van der Waals surface area contributed by atoms with Crippen LogP contribution in [0.25, 0.3) is 6.08 Å². The molecule has 0 atom stereocenters. The summed E-state index contributed by atoms with van der Waals surface area (Å²) >= 11 is 4.25. The SMILES string of the molecule is CCc1nnc(S/C(=C\c2cc(Br)c(OC)cc2OC)C(=O)O)o1. The highest BCUT2D eigenvalue weighted by atomic mass is 79.9.